The van der Waals surface area contributed by atoms with Crippen LogP contribution in [0.15, 0.2) is 60.8 Å². The quantitative estimate of drug-likeness (QED) is 0.712. The van der Waals surface area contributed by atoms with E-state index in [0.717, 1.165) is 54.1 Å². The van der Waals surface area contributed by atoms with Crippen LogP contribution in [-0.4, -0.2) is 28.9 Å². The first-order chi connectivity index (χ1) is 13.2. The van der Waals surface area contributed by atoms with E-state index in [9.17, 15) is 4.79 Å². The number of nitrogens with zero attached hydrogens (tertiary/aromatic N) is 2. The fourth-order valence-electron chi connectivity index (χ4n) is 3.68. The second-order valence-corrected chi connectivity index (χ2v) is 7.42. The molecule has 4 nitrogen and oxygen atoms in total. The van der Waals surface area contributed by atoms with Gasteiger partial charge in [-0.2, -0.15) is 0 Å². The van der Waals surface area contributed by atoms with E-state index >= 15 is 0 Å². The minimum atomic E-state index is 0.0709. The number of rotatable bonds is 4. The predicted molar refractivity (Wildman–Crippen MR) is 110 cm³/mol. The number of hydrogen-bond donors (Lipinski definition) is 1. The van der Waals surface area contributed by atoms with E-state index in [0.29, 0.717) is 0 Å². The second-order valence-electron chi connectivity index (χ2n) is 7.01. The van der Waals surface area contributed by atoms with Crippen molar-refractivity contribution in [2.45, 2.75) is 19.4 Å². The monoisotopic (exact) mass is 379 g/mol. The summed E-state index contributed by atoms with van der Waals surface area (Å²) in [5, 5.41) is 4.75. The lowest BCUT2D eigenvalue weighted by Gasteiger charge is -2.31. The van der Waals surface area contributed by atoms with Gasteiger partial charge in [0.05, 0.1) is 5.52 Å². The van der Waals surface area contributed by atoms with Crippen LogP contribution in [-0.2, 0) is 11.3 Å². The third kappa shape index (κ3) is 4.12. The number of carbonyl (C=O) groups is 1. The third-order valence-electron chi connectivity index (χ3n) is 5.19. The van der Waals surface area contributed by atoms with Gasteiger partial charge in [-0.1, -0.05) is 35.9 Å². The topological polar surface area (TPSA) is 45.2 Å². The summed E-state index contributed by atoms with van der Waals surface area (Å²) in [6.45, 7) is 2.64. The summed E-state index contributed by atoms with van der Waals surface area (Å²) >= 11 is 6.29. The number of benzene rings is 2. The van der Waals surface area contributed by atoms with Crippen LogP contribution in [0.5, 0.6) is 0 Å². The molecule has 0 bridgehead atoms. The van der Waals surface area contributed by atoms with Gasteiger partial charge in [-0.3, -0.25) is 14.7 Å². The number of para-hydroxylation sites is 1. The van der Waals surface area contributed by atoms with Gasteiger partial charge in [-0.15, -0.1) is 0 Å². The van der Waals surface area contributed by atoms with Crippen molar-refractivity contribution in [2.24, 2.45) is 5.92 Å². The lowest BCUT2D eigenvalue weighted by atomic mass is 9.95. The summed E-state index contributed by atoms with van der Waals surface area (Å²) in [6.07, 6.45) is 3.55. The molecule has 1 fully saturated rings. The number of anilines is 1. The molecular formula is C22H22ClN3O. The van der Waals surface area contributed by atoms with Crippen LogP contribution in [0.3, 0.4) is 0 Å². The van der Waals surface area contributed by atoms with Crippen molar-refractivity contribution < 1.29 is 4.79 Å². The van der Waals surface area contributed by atoms with Crippen LogP contribution in [0.4, 0.5) is 5.69 Å². The highest BCUT2D eigenvalue weighted by Gasteiger charge is 2.25. The molecule has 4 rings (SSSR count). The first-order valence-corrected chi connectivity index (χ1v) is 9.69. The molecule has 2 aromatic carbocycles. The Morgan fingerprint density at radius 2 is 1.85 bits per heavy atom. The highest BCUT2D eigenvalue weighted by molar-refractivity contribution is 6.35. The molecule has 1 aliphatic rings. The van der Waals surface area contributed by atoms with E-state index in [2.05, 4.69) is 21.3 Å². The predicted octanol–water partition coefficient (Wildman–Crippen LogP) is 4.74. The van der Waals surface area contributed by atoms with Crippen LogP contribution in [0.2, 0.25) is 5.02 Å². The Hall–Kier alpha value is -2.43. The molecule has 138 valence electrons. The molecule has 27 heavy (non-hydrogen) atoms. The molecule has 0 unspecified atom stereocenters. The molecule has 1 aliphatic heterocycles. The third-order valence-corrected chi connectivity index (χ3v) is 5.52. The standard InChI is InChI=1S/C22H22ClN3O/c23-20-9-8-17(21-19(20)7-4-12-24-21)15-26-13-10-16(11-14-26)22(27)25-18-5-2-1-3-6-18/h1-9,12,16H,10-11,13-15H2,(H,25,27). The van der Waals surface area contributed by atoms with Gasteiger partial charge in [0.15, 0.2) is 0 Å². The maximum absolute atomic E-state index is 12.5. The number of amides is 1. The molecule has 5 heteroatoms. The Morgan fingerprint density at radius 3 is 2.63 bits per heavy atom. The van der Waals surface area contributed by atoms with Crippen molar-refractivity contribution in [1.82, 2.24) is 9.88 Å². The zero-order chi connectivity index (χ0) is 18.6. The minimum Gasteiger partial charge on any atom is -0.326 e. The summed E-state index contributed by atoms with van der Waals surface area (Å²) < 4.78 is 0. The summed E-state index contributed by atoms with van der Waals surface area (Å²) in [4.78, 5) is 19.4. The van der Waals surface area contributed by atoms with Gasteiger partial charge in [0.25, 0.3) is 0 Å². The Kier molecular flexibility index (Phi) is 5.37. The highest BCUT2D eigenvalue weighted by Crippen LogP contribution is 2.27. The molecule has 0 saturated carbocycles. The van der Waals surface area contributed by atoms with E-state index < -0.39 is 0 Å². The number of carbonyl (C=O) groups excluding carboxylic acids is 1. The summed E-state index contributed by atoms with van der Waals surface area (Å²) in [5.41, 5.74) is 3.01. The molecule has 2 heterocycles. The number of hydrogen-bond acceptors (Lipinski definition) is 3. The van der Waals surface area contributed by atoms with Crippen molar-refractivity contribution in [3.63, 3.8) is 0 Å². The van der Waals surface area contributed by atoms with Crippen LogP contribution in [0.25, 0.3) is 10.9 Å². The van der Waals surface area contributed by atoms with E-state index in [1.165, 1.54) is 5.56 Å². The lowest BCUT2D eigenvalue weighted by Crippen LogP contribution is -2.37. The summed E-state index contributed by atoms with van der Waals surface area (Å²) in [5.74, 6) is 0.195. The van der Waals surface area contributed by atoms with Gasteiger partial charge in [-0.05, 0) is 61.8 Å². The van der Waals surface area contributed by atoms with Crippen LogP contribution in [0, 0.1) is 5.92 Å². The molecule has 0 spiro atoms. The highest BCUT2D eigenvalue weighted by atomic mass is 35.5. The van der Waals surface area contributed by atoms with Gasteiger partial charge in [0.1, 0.15) is 0 Å². The van der Waals surface area contributed by atoms with E-state index in [1.54, 1.807) is 0 Å². The van der Waals surface area contributed by atoms with Gasteiger partial charge in [0, 0.05) is 34.8 Å². The molecule has 1 N–H and O–H groups in total. The number of pyridine rings is 1. The zero-order valence-corrected chi connectivity index (χ0v) is 15.8. The molecule has 0 atom stereocenters. The molecular weight excluding hydrogens is 358 g/mol. The molecule has 1 aromatic heterocycles. The average Bonchev–Trinajstić information content (AvgIpc) is 2.71. The van der Waals surface area contributed by atoms with E-state index in [1.807, 2.05) is 54.7 Å². The molecule has 0 radical (unpaired) electrons. The smallest absolute Gasteiger partial charge is 0.227 e. The Labute approximate surface area is 164 Å². The van der Waals surface area contributed by atoms with Crippen molar-refractivity contribution in [1.29, 1.82) is 0 Å². The summed E-state index contributed by atoms with van der Waals surface area (Å²) in [6, 6.07) is 17.6. The fraction of sp³-hybridized carbons (Fsp3) is 0.273. The van der Waals surface area contributed by atoms with Gasteiger partial charge in [-0.25, -0.2) is 0 Å². The normalized spacial score (nSPS) is 15.7. The first kappa shape index (κ1) is 18.0. The Morgan fingerprint density at radius 1 is 1.07 bits per heavy atom. The average molecular weight is 380 g/mol. The zero-order valence-electron chi connectivity index (χ0n) is 15.1. The van der Waals surface area contributed by atoms with Crippen LogP contribution < -0.4 is 5.32 Å². The maximum atomic E-state index is 12.5. The largest absolute Gasteiger partial charge is 0.326 e. The number of fused-ring (bicyclic) bond motifs is 1. The molecule has 3 aromatic rings. The maximum Gasteiger partial charge on any atom is 0.227 e. The Balaban J connectivity index is 1.37. The SMILES string of the molecule is O=C(Nc1ccccc1)C1CCN(Cc2ccc(Cl)c3cccnc23)CC1. The van der Waals surface area contributed by atoms with Crippen molar-refractivity contribution in [3.8, 4) is 0 Å². The van der Waals surface area contributed by atoms with E-state index in [-0.39, 0.29) is 11.8 Å². The summed E-state index contributed by atoms with van der Waals surface area (Å²) in [7, 11) is 0. The van der Waals surface area contributed by atoms with Gasteiger partial charge < -0.3 is 5.32 Å². The number of halogens is 1. The number of likely N-dealkylation sites (tertiary alicyclic amines) is 1. The van der Waals surface area contributed by atoms with Crippen LogP contribution >= 0.6 is 11.6 Å². The Bertz CT molecular complexity index is 937. The lowest BCUT2D eigenvalue weighted by molar-refractivity contribution is -0.121. The number of aromatic nitrogens is 1. The van der Waals surface area contributed by atoms with Crippen molar-refractivity contribution >= 4 is 34.1 Å². The van der Waals surface area contributed by atoms with E-state index in [4.69, 9.17) is 11.6 Å². The second kappa shape index (κ2) is 8.07. The van der Waals surface area contributed by atoms with Gasteiger partial charge in [0.2, 0.25) is 5.91 Å². The molecule has 0 aliphatic carbocycles. The molecule has 1 saturated heterocycles. The van der Waals surface area contributed by atoms with Gasteiger partial charge >= 0.3 is 0 Å². The number of nitrogens with one attached hydrogen (secondary N) is 1. The van der Waals surface area contributed by atoms with Crippen molar-refractivity contribution in [2.75, 3.05) is 18.4 Å². The van der Waals surface area contributed by atoms with Crippen molar-refractivity contribution in [3.05, 3.63) is 71.4 Å². The van der Waals surface area contributed by atoms with Crippen LogP contribution in [0.1, 0.15) is 18.4 Å². The number of piperidine rings is 1. The minimum absolute atomic E-state index is 0.0709. The fourth-order valence-corrected chi connectivity index (χ4v) is 3.90. The first-order valence-electron chi connectivity index (χ1n) is 9.31. The molecule has 1 amide bonds.